The molecule has 2 heterocycles. The summed E-state index contributed by atoms with van der Waals surface area (Å²) in [6, 6.07) is 37.2. The molecule has 0 nitrogen and oxygen atoms in total. The molecule has 1 aliphatic carbocycles. The van der Waals surface area contributed by atoms with Crippen LogP contribution in [0.25, 0.3) is 52.9 Å². The number of benzene rings is 4. The van der Waals surface area contributed by atoms with E-state index in [4.69, 9.17) is 73.2 Å². The SMILES string of the molecule is CF.CF.CF.CF.FC1(F)C(c2cc(-c3ccccc3)sc2-c2ccccc2)=C(c2cc(-c3ccccc3)sc2-c2ccccc2)C(F)(F)C1(F)F.FF.FF.FF.FF.FF.FF.FF.FF. The van der Waals surface area contributed by atoms with Gasteiger partial charge in [-0.1, -0.05) is 121 Å². The normalized spacial score (nSPS) is 11.9. The molecule has 0 atom stereocenters. The van der Waals surface area contributed by atoms with Crippen molar-refractivity contribution < 1.29 is 117 Å². The third-order valence-electron chi connectivity index (χ3n) is 7.86. The molecule has 0 unspecified atom stereocenters. The van der Waals surface area contributed by atoms with E-state index >= 15 is 26.3 Å². The molecule has 4 aromatic carbocycles. The standard InChI is InChI=1S/C37H22F6S2.4CH3F.8F2/c38-35(39)31(27-21-29(23-13-5-1-6-14-23)44-33(27)25-17-9-3-10-18-25)32(36(40,41)37(35,42)43)28-22-30(24-15-7-2-8-16-24)45-34(28)26-19-11-4-12-20-26;12*1-2/h1-22H;4*1H3;;;;;;;;. The highest BCUT2D eigenvalue weighted by Gasteiger charge is 2.80. The molecular formula is C41H34F26S2. The summed E-state index contributed by atoms with van der Waals surface area (Å²) in [6.07, 6.45) is 0. The first-order valence-corrected chi connectivity index (χ1v) is 18.3. The van der Waals surface area contributed by atoms with E-state index in [1.54, 1.807) is 121 Å². The molecule has 392 valence electrons. The number of thiophene rings is 2. The summed E-state index contributed by atoms with van der Waals surface area (Å²) in [5, 5.41) is 0. The largest absolute Gasteiger partial charge is 0.380 e. The number of hydrogen-bond donors (Lipinski definition) is 0. The van der Waals surface area contributed by atoms with Crippen molar-refractivity contribution in [3.05, 3.63) is 145 Å². The van der Waals surface area contributed by atoms with E-state index in [1.165, 1.54) is 12.1 Å². The topological polar surface area (TPSA) is 0 Å². The summed E-state index contributed by atoms with van der Waals surface area (Å²) in [6.45, 7) is 0. The van der Waals surface area contributed by atoms with Crippen LogP contribution in [0.2, 0.25) is 0 Å². The molecule has 1 aliphatic rings. The second-order valence-electron chi connectivity index (χ2n) is 10.6. The molecule has 2 aromatic heterocycles. The molecule has 0 N–H and O–H groups in total. The minimum absolute atomic E-state index is 0.204. The van der Waals surface area contributed by atoms with Crippen LogP contribution < -0.4 is 0 Å². The van der Waals surface area contributed by atoms with E-state index in [0.717, 1.165) is 22.7 Å². The molecular weight excluding hydrogens is 1050 g/mol. The first-order valence-electron chi connectivity index (χ1n) is 16.7. The van der Waals surface area contributed by atoms with Crippen molar-refractivity contribution in [3.8, 4) is 41.8 Å². The highest BCUT2D eigenvalue weighted by Crippen LogP contribution is 2.67. The minimum Gasteiger partial charge on any atom is -0.255 e. The highest BCUT2D eigenvalue weighted by atomic mass is 32.1. The zero-order chi connectivity index (χ0) is 55.4. The molecule has 0 spiro atoms. The predicted octanol–water partition coefficient (Wildman–Crippen LogP) is 21.4. The van der Waals surface area contributed by atoms with Gasteiger partial charge in [0.15, 0.2) is 0 Å². The zero-order valence-corrected chi connectivity index (χ0v) is 36.5. The van der Waals surface area contributed by atoms with Crippen LogP contribution in [-0.2, 0) is 0 Å². The van der Waals surface area contributed by atoms with Crippen LogP contribution in [0.5, 0.6) is 0 Å². The Balaban J connectivity index is -0.000000363. The summed E-state index contributed by atoms with van der Waals surface area (Å²) in [5.74, 6) is -16.1. The van der Waals surface area contributed by atoms with E-state index < -0.39 is 28.9 Å². The number of rotatable bonds is 6. The molecule has 6 aromatic rings. The van der Waals surface area contributed by atoms with Crippen LogP contribution in [-0.4, -0.2) is 46.5 Å². The summed E-state index contributed by atoms with van der Waals surface area (Å²) in [4.78, 5) is 1.39. The molecule has 69 heavy (non-hydrogen) atoms. The maximum atomic E-state index is 16.2. The Morgan fingerprint density at radius 2 is 0.478 bits per heavy atom. The van der Waals surface area contributed by atoms with Crippen molar-refractivity contribution in [2.45, 2.75) is 17.8 Å². The van der Waals surface area contributed by atoms with Gasteiger partial charge in [-0.25, -0.2) is 0 Å². The minimum atomic E-state index is -5.68. The first kappa shape index (κ1) is 74.7. The monoisotopic (exact) mass is 1080 g/mol. The van der Waals surface area contributed by atoms with Crippen molar-refractivity contribution in [2.75, 3.05) is 28.7 Å². The van der Waals surface area contributed by atoms with Crippen LogP contribution >= 0.6 is 22.7 Å². The lowest BCUT2D eigenvalue weighted by atomic mass is 9.92. The molecule has 0 amide bonds. The van der Waals surface area contributed by atoms with Crippen molar-refractivity contribution in [1.82, 2.24) is 0 Å². The van der Waals surface area contributed by atoms with E-state index in [1.807, 2.05) is 0 Å². The maximum absolute atomic E-state index is 16.2. The molecule has 0 radical (unpaired) electrons. The van der Waals surface area contributed by atoms with Gasteiger partial charge in [-0.3, -0.25) is 17.6 Å². The molecule has 28 heteroatoms. The molecule has 0 bridgehead atoms. The fraction of sp³-hybridized carbons (Fsp3) is 0.171. The van der Waals surface area contributed by atoms with Gasteiger partial charge < -0.3 is 0 Å². The van der Waals surface area contributed by atoms with E-state index in [9.17, 15) is 17.6 Å². The molecule has 0 aliphatic heterocycles. The van der Waals surface area contributed by atoms with E-state index in [-0.39, 0.29) is 20.9 Å². The average molecular weight is 1080 g/mol. The van der Waals surface area contributed by atoms with Crippen molar-refractivity contribution >= 4 is 33.8 Å². The van der Waals surface area contributed by atoms with Gasteiger partial charge in [-0.15, -0.1) is 22.7 Å². The molecule has 0 saturated carbocycles. The van der Waals surface area contributed by atoms with Gasteiger partial charge in [-0.2, -0.15) is 26.3 Å². The molecule has 0 saturated heterocycles. The van der Waals surface area contributed by atoms with Gasteiger partial charge in [0.05, 0.1) is 28.7 Å². The second kappa shape index (κ2) is 44.7. The van der Waals surface area contributed by atoms with Crippen LogP contribution in [0.4, 0.5) is 117 Å². The second-order valence-corrected chi connectivity index (χ2v) is 12.7. The predicted molar refractivity (Wildman–Crippen MR) is 218 cm³/mol. The summed E-state index contributed by atoms with van der Waals surface area (Å²) >= 11 is 2.20. The van der Waals surface area contributed by atoms with Crippen molar-refractivity contribution in [2.24, 2.45) is 0 Å². The van der Waals surface area contributed by atoms with Crippen molar-refractivity contribution in [3.63, 3.8) is 0 Å². The maximum Gasteiger partial charge on any atom is 0.380 e. The highest BCUT2D eigenvalue weighted by molar-refractivity contribution is 7.19. The van der Waals surface area contributed by atoms with Crippen molar-refractivity contribution in [1.29, 1.82) is 0 Å². The van der Waals surface area contributed by atoms with Gasteiger partial charge in [0.2, 0.25) is 0 Å². The first-order chi connectivity index (χ1) is 33.6. The summed E-state index contributed by atoms with van der Waals surface area (Å²) in [7, 11) is 2.00. The fourth-order valence-corrected chi connectivity index (χ4v) is 8.03. The third kappa shape index (κ3) is 19.3. The van der Waals surface area contributed by atoms with Crippen LogP contribution in [0.3, 0.4) is 0 Å². The van der Waals surface area contributed by atoms with Gasteiger partial charge >= 0.3 is 17.8 Å². The van der Waals surface area contributed by atoms with Crippen LogP contribution in [0.1, 0.15) is 11.1 Å². The zero-order valence-electron chi connectivity index (χ0n) is 34.8. The van der Waals surface area contributed by atoms with Crippen LogP contribution in [0, 0.1) is 0 Å². The summed E-state index contributed by atoms with van der Waals surface area (Å²) in [5.41, 5.74) is -1.17. The average Bonchev–Trinajstić information content (AvgIpc) is 4.13. The van der Waals surface area contributed by atoms with Gasteiger partial charge in [0, 0.05) is 115 Å². The van der Waals surface area contributed by atoms with Crippen LogP contribution in [0.15, 0.2) is 133 Å². The van der Waals surface area contributed by atoms with Gasteiger partial charge in [-0.05, 0) is 34.4 Å². The lowest BCUT2D eigenvalue weighted by Gasteiger charge is -2.26. The number of halogens is 26. The van der Waals surface area contributed by atoms with E-state index in [2.05, 4.69) is 0 Å². The number of allylic oxidation sites excluding steroid dienone is 2. The smallest absolute Gasteiger partial charge is 0.255 e. The van der Waals surface area contributed by atoms with Gasteiger partial charge in [0.1, 0.15) is 0 Å². The number of hydrogen-bond acceptors (Lipinski definition) is 2. The lowest BCUT2D eigenvalue weighted by molar-refractivity contribution is -0.254. The summed E-state index contributed by atoms with van der Waals surface area (Å²) < 4.78 is 262. The Labute approximate surface area is 383 Å². The third-order valence-corrected chi connectivity index (χ3v) is 10.3. The number of alkyl halides is 10. The Bertz CT molecular complexity index is 1900. The quantitative estimate of drug-likeness (QED) is 0.146. The Hall–Kier alpha value is -5.80. The molecule has 0 fully saturated rings. The van der Waals surface area contributed by atoms with Gasteiger partial charge in [0.25, 0.3) is 0 Å². The lowest BCUT2D eigenvalue weighted by Crippen LogP contribution is -2.48. The Morgan fingerprint density at radius 1 is 0.290 bits per heavy atom. The Morgan fingerprint density at radius 3 is 0.681 bits per heavy atom. The molecule has 7 rings (SSSR count). The Kier molecular flexibility index (Phi) is 48.4. The van der Waals surface area contributed by atoms with E-state index in [0.29, 0.717) is 60.7 Å². The fourth-order valence-electron chi connectivity index (χ4n) is 5.68.